The maximum absolute atomic E-state index is 13.5. The van der Waals surface area contributed by atoms with E-state index in [4.69, 9.17) is 11.6 Å². The molecule has 0 aliphatic heterocycles. The highest BCUT2D eigenvalue weighted by Gasteiger charge is 2.30. The minimum Gasteiger partial charge on any atom is -0.352 e. The van der Waals surface area contributed by atoms with Crippen molar-refractivity contribution in [3.8, 4) is 0 Å². The van der Waals surface area contributed by atoms with Crippen LogP contribution in [-0.4, -0.2) is 50.0 Å². The third kappa shape index (κ3) is 7.47. The molecule has 2 aromatic rings. The van der Waals surface area contributed by atoms with Crippen LogP contribution in [0.4, 0.5) is 5.69 Å². The molecule has 33 heavy (non-hydrogen) atoms. The van der Waals surface area contributed by atoms with Crippen molar-refractivity contribution >= 4 is 39.1 Å². The number of amides is 2. The summed E-state index contributed by atoms with van der Waals surface area (Å²) >= 11 is 5.98. The molecule has 2 amide bonds. The molecule has 0 radical (unpaired) electrons. The number of nitrogens with one attached hydrogen (secondary N) is 1. The monoisotopic (exact) mass is 493 g/mol. The first-order valence-electron chi connectivity index (χ1n) is 10.7. The van der Waals surface area contributed by atoms with Gasteiger partial charge in [0.05, 0.1) is 11.9 Å². The van der Waals surface area contributed by atoms with Crippen molar-refractivity contribution in [1.29, 1.82) is 0 Å². The van der Waals surface area contributed by atoms with E-state index in [0.29, 0.717) is 10.7 Å². The number of rotatable bonds is 9. The van der Waals surface area contributed by atoms with E-state index in [1.807, 2.05) is 26.8 Å². The van der Waals surface area contributed by atoms with Crippen molar-refractivity contribution in [2.45, 2.75) is 53.2 Å². The van der Waals surface area contributed by atoms with Gasteiger partial charge in [-0.05, 0) is 63.9 Å². The van der Waals surface area contributed by atoms with Gasteiger partial charge < -0.3 is 10.2 Å². The smallest absolute Gasteiger partial charge is 0.244 e. The van der Waals surface area contributed by atoms with Crippen molar-refractivity contribution in [3.05, 3.63) is 64.2 Å². The summed E-state index contributed by atoms with van der Waals surface area (Å²) < 4.78 is 26.4. The van der Waals surface area contributed by atoms with Gasteiger partial charge in [0.1, 0.15) is 12.6 Å². The lowest BCUT2D eigenvalue weighted by Gasteiger charge is -2.32. The standard InChI is InChI=1S/C24H32ClN3O4S/c1-16(2)26-24(30)19(5)27(14-20-8-10-21(25)11-9-20)23(29)15-28(33(6,31)32)22-12-7-17(3)13-18(22)4/h7-13,16,19H,14-15H2,1-6H3,(H,26,30). The Labute approximate surface area is 201 Å². The molecule has 0 aliphatic rings. The normalized spacial score (nSPS) is 12.4. The number of carbonyl (C=O) groups excluding carboxylic acids is 2. The van der Waals surface area contributed by atoms with Gasteiger partial charge in [0.15, 0.2) is 0 Å². The first-order valence-corrected chi connectivity index (χ1v) is 12.9. The number of aryl methyl sites for hydroxylation is 2. The molecule has 0 heterocycles. The highest BCUT2D eigenvalue weighted by atomic mass is 35.5. The maximum atomic E-state index is 13.5. The SMILES string of the molecule is Cc1ccc(N(CC(=O)N(Cc2ccc(Cl)cc2)C(C)C(=O)NC(C)C)S(C)(=O)=O)c(C)c1. The predicted octanol–water partition coefficient (Wildman–Crippen LogP) is 3.66. The van der Waals surface area contributed by atoms with E-state index in [0.717, 1.165) is 27.3 Å². The van der Waals surface area contributed by atoms with Crippen LogP contribution in [0.15, 0.2) is 42.5 Å². The Balaban J connectivity index is 2.41. The zero-order chi connectivity index (χ0) is 24.9. The van der Waals surface area contributed by atoms with E-state index < -0.39 is 28.5 Å². The lowest BCUT2D eigenvalue weighted by Crippen LogP contribution is -2.52. The fourth-order valence-corrected chi connectivity index (χ4v) is 4.49. The molecule has 0 aliphatic carbocycles. The lowest BCUT2D eigenvalue weighted by atomic mass is 10.1. The molecule has 0 saturated heterocycles. The zero-order valence-corrected chi connectivity index (χ0v) is 21.5. The van der Waals surface area contributed by atoms with Crippen LogP contribution in [0.1, 0.15) is 37.5 Å². The van der Waals surface area contributed by atoms with Gasteiger partial charge in [-0.3, -0.25) is 13.9 Å². The van der Waals surface area contributed by atoms with Gasteiger partial charge in [-0.2, -0.15) is 0 Å². The number of benzene rings is 2. The molecule has 1 unspecified atom stereocenters. The van der Waals surface area contributed by atoms with Crippen LogP contribution in [0.5, 0.6) is 0 Å². The summed E-state index contributed by atoms with van der Waals surface area (Å²) in [4.78, 5) is 27.6. The Morgan fingerprint density at radius 2 is 1.64 bits per heavy atom. The summed E-state index contributed by atoms with van der Waals surface area (Å²) in [5, 5.41) is 3.37. The Bertz CT molecular complexity index is 1100. The number of anilines is 1. The second-order valence-electron chi connectivity index (χ2n) is 8.55. The summed E-state index contributed by atoms with van der Waals surface area (Å²) in [6.07, 6.45) is 1.07. The summed E-state index contributed by atoms with van der Waals surface area (Å²) in [5.41, 5.74) is 2.93. The van der Waals surface area contributed by atoms with Crippen molar-refractivity contribution in [2.75, 3.05) is 17.1 Å². The van der Waals surface area contributed by atoms with Crippen molar-refractivity contribution in [2.24, 2.45) is 0 Å². The average Bonchev–Trinajstić information content (AvgIpc) is 2.70. The molecule has 1 atom stereocenters. The van der Waals surface area contributed by atoms with Gasteiger partial charge in [-0.1, -0.05) is 41.4 Å². The number of halogens is 1. The van der Waals surface area contributed by atoms with E-state index in [9.17, 15) is 18.0 Å². The molecule has 0 bridgehead atoms. The van der Waals surface area contributed by atoms with E-state index in [1.165, 1.54) is 4.90 Å². The average molecular weight is 494 g/mol. The van der Waals surface area contributed by atoms with E-state index in [-0.39, 0.29) is 18.5 Å². The molecular formula is C24H32ClN3O4S. The molecular weight excluding hydrogens is 462 g/mol. The Hall–Kier alpha value is -2.58. The molecule has 9 heteroatoms. The van der Waals surface area contributed by atoms with Crippen LogP contribution >= 0.6 is 11.6 Å². The van der Waals surface area contributed by atoms with Crippen LogP contribution < -0.4 is 9.62 Å². The fraction of sp³-hybridized carbons (Fsp3) is 0.417. The number of hydrogen-bond donors (Lipinski definition) is 1. The lowest BCUT2D eigenvalue weighted by molar-refractivity contribution is -0.139. The molecule has 0 spiro atoms. The number of sulfonamides is 1. The minimum atomic E-state index is -3.76. The quantitative estimate of drug-likeness (QED) is 0.577. The molecule has 180 valence electrons. The highest BCUT2D eigenvalue weighted by molar-refractivity contribution is 7.92. The molecule has 1 N–H and O–H groups in total. The maximum Gasteiger partial charge on any atom is 0.244 e. The van der Waals surface area contributed by atoms with E-state index in [2.05, 4.69) is 5.32 Å². The number of carbonyl (C=O) groups is 2. The van der Waals surface area contributed by atoms with Crippen molar-refractivity contribution < 1.29 is 18.0 Å². The molecule has 0 saturated carbocycles. The topological polar surface area (TPSA) is 86.8 Å². The second kappa shape index (κ2) is 11.0. The Morgan fingerprint density at radius 1 is 1.03 bits per heavy atom. The van der Waals surface area contributed by atoms with Crippen molar-refractivity contribution in [1.82, 2.24) is 10.2 Å². The van der Waals surface area contributed by atoms with Crippen LogP contribution in [0.25, 0.3) is 0 Å². The zero-order valence-electron chi connectivity index (χ0n) is 19.9. The third-order valence-electron chi connectivity index (χ3n) is 5.16. The predicted molar refractivity (Wildman–Crippen MR) is 133 cm³/mol. The van der Waals surface area contributed by atoms with Gasteiger partial charge >= 0.3 is 0 Å². The molecule has 2 aromatic carbocycles. The van der Waals surface area contributed by atoms with Gasteiger partial charge in [0.25, 0.3) is 0 Å². The molecule has 2 rings (SSSR count). The number of nitrogens with zero attached hydrogens (tertiary/aromatic N) is 2. The number of hydrogen-bond acceptors (Lipinski definition) is 4. The summed E-state index contributed by atoms with van der Waals surface area (Å²) in [6, 6.07) is 11.4. The Kier molecular flexibility index (Phi) is 8.91. The van der Waals surface area contributed by atoms with Gasteiger partial charge in [0.2, 0.25) is 21.8 Å². The van der Waals surface area contributed by atoms with Gasteiger partial charge in [-0.25, -0.2) is 8.42 Å². The summed E-state index contributed by atoms with van der Waals surface area (Å²) in [6.45, 7) is 8.73. The summed E-state index contributed by atoms with van der Waals surface area (Å²) in [7, 11) is -3.76. The van der Waals surface area contributed by atoms with Gasteiger partial charge in [0, 0.05) is 17.6 Å². The molecule has 0 aromatic heterocycles. The third-order valence-corrected chi connectivity index (χ3v) is 6.54. The fourth-order valence-electron chi connectivity index (χ4n) is 3.45. The van der Waals surface area contributed by atoms with Crippen LogP contribution in [-0.2, 0) is 26.2 Å². The van der Waals surface area contributed by atoms with Crippen LogP contribution in [0, 0.1) is 13.8 Å². The molecule has 0 fully saturated rings. The first kappa shape index (κ1) is 26.7. The van der Waals surface area contributed by atoms with Crippen LogP contribution in [0.2, 0.25) is 5.02 Å². The van der Waals surface area contributed by atoms with Gasteiger partial charge in [-0.15, -0.1) is 0 Å². The van der Waals surface area contributed by atoms with E-state index in [1.54, 1.807) is 50.2 Å². The molecule has 7 nitrogen and oxygen atoms in total. The highest BCUT2D eigenvalue weighted by Crippen LogP contribution is 2.24. The van der Waals surface area contributed by atoms with Crippen LogP contribution in [0.3, 0.4) is 0 Å². The Morgan fingerprint density at radius 3 is 2.15 bits per heavy atom. The van der Waals surface area contributed by atoms with Crippen molar-refractivity contribution in [3.63, 3.8) is 0 Å². The first-order chi connectivity index (χ1) is 15.3. The van der Waals surface area contributed by atoms with E-state index >= 15 is 0 Å². The largest absolute Gasteiger partial charge is 0.352 e. The summed E-state index contributed by atoms with van der Waals surface area (Å²) in [5.74, 6) is -0.800. The minimum absolute atomic E-state index is 0.102. The second-order valence-corrected chi connectivity index (χ2v) is 10.9.